The minimum Gasteiger partial charge on any atom is -0.393 e. The zero-order valence-electron chi connectivity index (χ0n) is 7.55. The van der Waals surface area contributed by atoms with Gasteiger partial charge < -0.3 is 10.4 Å². The lowest BCUT2D eigenvalue weighted by Gasteiger charge is -2.37. The first kappa shape index (κ1) is 10.3. The van der Waals surface area contributed by atoms with Crippen molar-refractivity contribution in [3.8, 4) is 0 Å². The van der Waals surface area contributed by atoms with Gasteiger partial charge in [-0.05, 0) is 45.1 Å². The highest BCUT2D eigenvalue weighted by Gasteiger charge is 2.43. The van der Waals surface area contributed by atoms with Gasteiger partial charge in [0.1, 0.15) is 0 Å². The third kappa shape index (κ3) is 1.93. The number of piperidine rings is 1. The van der Waals surface area contributed by atoms with Crippen molar-refractivity contribution in [2.75, 3.05) is 6.54 Å². The van der Waals surface area contributed by atoms with Crippen molar-refractivity contribution in [2.24, 2.45) is 5.92 Å². The van der Waals surface area contributed by atoms with Crippen molar-refractivity contribution in [1.29, 1.82) is 0 Å². The number of halogens is 1. The highest BCUT2D eigenvalue weighted by molar-refractivity contribution is 5.85. The van der Waals surface area contributed by atoms with Crippen molar-refractivity contribution in [3.05, 3.63) is 0 Å². The molecule has 2 N–H and O–H groups in total. The van der Waals surface area contributed by atoms with E-state index in [2.05, 4.69) is 12.2 Å². The van der Waals surface area contributed by atoms with Gasteiger partial charge in [-0.25, -0.2) is 0 Å². The molecule has 1 heterocycles. The summed E-state index contributed by atoms with van der Waals surface area (Å²) in [5, 5.41) is 13.0. The Balaban J connectivity index is 0.000000720. The zero-order valence-corrected chi connectivity index (χ0v) is 8.36. The molecular formula is C9H18ClNO. The molecule has 1 saturated carbocycles. The number of aliphatic hydroxyl groups excluding tert-OH is 1. The first-order valence-corrected chi connectivity index (χ1v) is 4.64. The van der Waals surface area contributed by atoms with Crippen molar-refractivity contribution in [1.82, 2.24) is 5.32 Å². The van der Waals surface area contributed by atoms with Crippen molar-refractivity contribution in [2.45, 2.75) is 44.2 Å². The molecule has 0 spiro atoms. The molecule has 0 aromatic heterocycles. The van der Waals surface area contributed by atoms with E-state index in [0.717, 1.165) is 25.3 Å². The van der Waals surface area contributed by atoms with E-state index in [9.17, 15) is 5.11 Å². The van der Waals surface area contributed by atoms with Gasteiger partial charge in [0.25, 0.3) is 0 Å². The van der Waals surface area contributed by atoms with Gasteiger partial charge in [0, 0.05) is 5.54 Å². The van der Waals surface area contributed by atoms with Crippen LogP contribution in [-0.4, -0.2) is 23.3 Å². The maximum absolute atomic E-state index is 9.48. The lowest BCUT2D eigenvalue weighted by molar-refractivity contribution is 0.0750. The summed E-state index contributed by atoms with van der Waals surface area (Å²) in [5.41, 5.74) is 0.262. The van der Waals surface area contributed by atoms with Gasteiger partial charge in [-0.1, -0.05) is 0 Å². The molecule has 0 radical (unpaired) electrons. The van der Waals surface area contributed by atoms with Crippen LogP contribution in [0.5, 0.6) is 0 Å². The normalized spacial score (nSPS) is 42.0. The molecule has 12 heavy (non-hydrogen) atoms. The van der Waals surface area contributed by atoms with Crippen LogP contribution >= 0.6 is 12.4 Å². The fourth-order valence-electron chi connectivity index (χ4n) is 2.22. The van der Waals surface area contributed by atoms with E-state index in [1.165, 1.54) is 12.8 Å². The Hall–Kier alpha value is 0.210. The number of aliphatic hydroxyl groups is 1. The monoisotopic (exact) mass is 191 g/mol. The number of hydrogen-bond acceptors (Lipinski definition) is 2. The Labute approximate surface area is 80.1 Å². The van der Waals surface area contributed by atoms with Gasteiger partial charge in [0.15, 0.2) is 0 Å². The van der Waals surface area contributed by atoms with Gasteiger partial charge in [-0.3, -0.25) is 0 Å². The minimum atomic E-state index is -0.0538. The Kier molecular flexibility index (Phi) is 3.02. The summed E-state index contributed by atoms with van der Waals surface area (Å²) in [7, 11) is 0. The van der Waals surface area contributed by atoms with Gasteiger partial charge >= 0.3 is 0 Å². The van der Waals surface area contributed by atoms with Crippen LogP contribution in [0.2, 0.25) is 0 Å². The maximum atomic E-state index is 9.48. The van der Waals surface area contributed by atoms with Gasteiger partial charge in [0.2, 0.25) is 0 Å². The Bertz CT molecular complexity index is 161. The second-order valence-electron chi connectivity index (χ2n) is 4.27. The van der Waals surface area contributed by atoms with E-state index in [4.69, 9.17) is 0 Å². The SMILES string of the molecule is CC1(C2CC2)CC(O)CCN1.Cl. The van der Waals surface area contributed by atoms with E-state index >= 15 is 0 Å². The Morgan fingerprint density at radius 1 is 1.33 bits per heavy atom. The van der Waals surface area contributed by atoms with Crippen LogP contribution in [0.15, 0.2) is 0 Å². The van der Waals surface area contributed by atoms with E-state index in [1.807, 2.05) is 0 Å². The van der Waals surface area contributed by atoms with Crippen molar-refractivity contribution >= 4 is 12.4 Å². The molecule has 0 bridgehead atoms. The van der Waals surface area contributed by atoms with Crippen LogP contribution in [-0.2, 0) is 0 Å². The number of hydrogen-bond donors (Lipinski definition) is 2. The van der Waals surface area contributed by atoms with Gasteiger partial charge in [0.05, 0.1) is 6.10 Å². The Morgan fingerprint density at radius 3 is 2.50 bits per heavy atom. The molecule has 1 saturated heterocycles. The van der Waals surface area contributed by atoms with Crippen LogP contribution in [0, 0.1) is 5.92 Å². The molecular weight excluding hydrogens is 174 g/mol. The molecule has 3 heteroatoms. The first-order valence-electron chi connectivity index (χ1n) is 4.64. The molecule has 0 amide bonds. The van der Waals surface area contributed by atoms with Crippen LogP contribution in [0.4, 0.5) is 0 Å². The molecule has 2 nitrogen and oxygen atoms in total. The van der Waals surface area contributed by atoms with Gasteiger partial charge in [-0.2, -0.15) is 0 Å². The standard InChI is InChI=1S/C9H17NO.ClH/c1-9(7-2-3-7)6-8(11)4-5-10-9;/h7-8,10-11H,2-6H2,1H3;1H. The minimum absolute atomic E-state index is 0. The quantitative estimate of drug-likeness (QED) is 0.656. The predicted molar refractivity (Wildman–Crippen MR) is 51.6 cm³/mol. The molecule has 2 fully saturated rings. The second-order valence-corrected chi connectivity index (χ2v) is 4.27. The molecule has 0 aromatic rings. The molecule has 2 aliphatic rings. The van der Waals surface area contributed by atoms with Crippen LogP contribution in [0.1, 0.15) is 32.6 Å². The summed E-state index contributed by atoms with van der Waals surface area (Å²) in [6, 6.07) is 0. The lowest BCUT2D eigenvalue weighted by Crippen LogP contribution is -2.51. The summed E-state index contributed by atoms with van der Waals surface area (Å²) in [5.74, 6) is 0.845. The Morgan fingerprint density at radius 2 is 2.00 bits per heavy atom. The zero-order chi connectivity index (χ0) is 7.90. The van der Waals surface area contributed by atoms with Crippen LogP contribution in [0.3, 0.4) is 0 Å². The molecule has 1 aliphatic carbocycles. The van der Waals surface area contributed by atoms with E-state index in [0.29, 0.717) is 0 Å². The van der Waals surface area contributed by atoms with E-state index in [1.54, 1.807) is 0 Å². The van der Waals surface area contributed by atoms with Crippen LogP contribution in [0.25, 0.3) is 0 Å². The van der Waals surface area contributed by atoms with E-state index < -0.39 is 0 Å². The van der Waals surface area contributed by atoms with Crippen LogP contribution < -0.4 is 5.32 Å². The summed E-state index contributed by atoms with van der Waals surface area (Å²) < 4.78 is 0. The third-order valence-corrected chi connectivity index (χ3v) is 3.14. The molecule has 72 valence electrons. The predicted octanol–water partition coefficient (Wildman–Crippen LogP) is 1.32. The summed E-state index contributed by atoms with van der Waals surface area (Å²) in [6.45, 7) is 3.25. The highest BCUT2D eigenvalue weighted by Crippen LogP contribution is 2.43. The topological polar surface area (TPSA) is 32.3 Å². The highest BCUT2D eigenvalue weighted by atomic mass is 35.5. The van der Waals surface area contributed by atoms with Crippen molar-refractivity contribution < 1.29 is 5.11 Å². The average Bonchev–Trinajstić information content (AvgIpc) is 2.66. The molecule has 1 aliphatic heterocycles. The number of nitrogens with one attached hydrogen (secondary N) is 1. The second kappa shape index (κ2) is 3.52. The molecule has 2 unspecified atom stereocenters. The smallest absolute Gasteiger partial charge is 0.0569 e. The summed E-state index contributed by atoms with van der Waals surface area (Å²) in [4.78, 5) is 0. The number of rotatable bonds is 1. The summed E-state index contributed by atoms with van der Waals surface area (Å²) >= 11 is 0. The molecule has 2 atom stereocenters. The largest absolute Gasteiger partial charge is 0.393 e. The maximum Gasteiger partial charge on any atom is 0.0569 e. The summed E-state index contributed by atoms with van der Waals surface area (Å²) in [6.07, 6.45) is 4.55. The average molecular weight is 192 g/mol. The first-order chi connectivity index (χ1) is 5.21. The fourth-order valence-corrected chi connectivity index (χ4v) is 2.22. The molecule has 0 aromatic carbocycles. The third-order valence-electron chi connectivity index (χ3n) is 3.14. The van der Waals surface area contributed by atoms with E-state index in [-0.39, 0.29) is 24.0 Å². The lowest BCUT2D eigenvalue weighted by atomic mass is 9.85. The fraction of sp³-hybridized carbons (Fsp3) is 1.00. The van der Waals surface area contributed by atoms with Crippen molar-refractivity contribution in [3.63, 3.8) is 0 Å². The molecule has 2 rings (SSSR count). The van der Waals surface area contributed by atoms with Gasteiger partial charge in [-0.15, -0.1) is 12.4 Å².